The lowest BCUT2D eigenvalue weighted by atomic mass is 10.3. The number of aromatic nitrogens is 3. The van der Waals surface area contributed by atoms with Crippen LogP contribution in [0.5, 0.6) is 11.8 Å². The largest absolute Gasteiger partial charge is 0.476 e. The summed E-state index contributed by atoms with van der Waals surface area (Å²) in [5, 5.41) is 24.3. The molecule has 2 aromatic heterocycles. The molecule has 0 bridgehead atoms. The zero-order valence-corrected chi connectivity index (χ0v) is 12.9. The van der Waals surface area contributed by atoms with E-state index in [-0.39, 0.29) is 24.8 Å². The number of nitro groups is 1. The first-order valence-electron chi connectivity index (χ1n) is 7.16. The van der Waals surface area contributed by atoms with Crippen molar-refractivity contribution in [2.24, 2.45) is 0 Å². The van der Waals surface area contributed by atoms with Gasteiger partial charge in [0.2, 0.25) is 5.88 Å². The number of pyridine rings is 1. The number of aliphatic hydroxyl groups is 1. The van der Waals surface area contributed by atoms with E-state index in [0.717, 1.165) is 0 Å². The molecule has 0 aliphatic rings. The molecule has 9 nitrogen and oxygen atoms in total. The maximum absolute atomic E-state index is 11.3. The normalized spacial score (nSPS) is 10.6. The van der Waals surface area contributed by atoms with Gasteiger partial charge in [0.15, 0.2) is 0 Å². The molecule has 0 aliphatic carbocycles. The van der Waals surface area contributed by atoms with Crippen LogP contribution in [0.1, 0.15) is 19.0 Å². The van der Waals surface area contributed by atoms with Crippen molar-refractivity contribution in [3.63, 3.8) is 0 Å². The summed E-state index contributed by atoms with van der Waals surface area (Å²) in [6.07, 6.45) is 1.93. The lowest BCUT2D eigenvalue weighted by Gasteiger charge is -2.09. The average Bonchev–Trinajstić information content (AvgIpc) is 2.85. The first kappa shape index (κ1) is 16.7. The molecule has 0 aliphatic heterocycles. The highest BCUT2D eigenvalue weighted by Crippen LogP contribution is 2.33. The third-order valence-electron chi connectivity index (χ3n) is 3.04. The summed E-state index contributed by atoms with van der Waals surface area (Å²) in [4.78, 5) is 14.9. The molecule has 0 unspecified atom stereocenters. The van der Waals surface area contributed by atoms with Gasteiger partial charge in [-0.1, -0.05) is 0 Å². The lowest BCUT2D eigenvalue weighted by molar-refractivity contribution is -0.386. The van der Waals surface area contributed by atoms with Crippen molar-refractivity contribution in [2.75, 3.05) is 19.8 Å². The summed E-state index contributed by atoms with van der Waals surface area (Å²) in [5.41, 5.74) is 0.587. The van der Waals surface area contributed by atoms with Crippen molar-refractivity contribution in [2.45, 2.75) is 20.3 Å². The zero-order chi connectivity index (χ0) is 16.8. The molecule has 2 heterocycles. The molecule has 9 heteroatoms. The Morgan fingerprint density at radius 3 is 2.83 bits per heavy atom. The number of hydrogen-bond donors (Lipinski definition) is 1. The van der Waals surface area contributed by atoms with E-state index in [1.165, 1.54) is 4.68 Å². The van der Waals surface area contributed by atoms with Crippen molar-refractivity contribution in [1.82, 2.24) is 14.8 Å². The number of hydrogen-bond acceptors (Lipinski definition) is 7. The molecule has 2 rings (SSSR count). The molecule has 1 N–H and O–H groups in total. The van der Waals surface area contributed by atoms with Crippen LogP contribution < -0.4 is 9.47 Å². The molecule has 0 spiro atoms. The second-order valence-electron chi connectivity index (χ2n) is 4.59. The van der Waals surface area contributed by atoms with Gasteiger partial charge in [-0.3, -0.25) is 10.1 Å². The van der Waals surface area contributed by atoms with Gasteiger partial charge in [0.25, 0.3) is 0 Å². The Hall–Kier alpha value is -2.68. The monoisotopic (exact) mass is 322 g/mol. The molecule has 0 aromatic carbocycles. The van der Waals surface area contributed by atoms with Crippen molar-refractivity contribution in [3.05, 3.63) is 34.1 Å². The minimum Gasteiger partial charge on any atom is -0.476 e. The van der Waals surface area contributed by atoms with Gasteiger partial charge in [-0.2, -0.15) is 0 Å². The van der Waals surface area contributed by atoms with Crippen LogP contribution in [0.4, 0.5) is 5.69 Å². The van der Waals surface area contributed by atoms with Gasteiger partial charge in [0, 0.05) is 19.2 Å². The predicted octanol–water partition coefficient (Wildman–Crippen LogP) is 1.64. The highest BCUT2D eigenvalue weighted by Gasteiger charge is 2.28. The van der Waals surface area contributed by atoms with E-state index in [1.54, 1.807) is 25.3 Å². The van der Waals surface area contributed by atoms with Crippen LogP contribution in [0, 0.1) is 17.0 Å². The standard InChI is InChI=1S/C14H18N4O5/c1-3-22-13-11(6-4-7-15-13)17-10(2)12(18(20)21)14(16-17)23-9-5-8-19/h4,6-7,19H,3,5,8-9H2,1-2H3. The molecule has 0 amide bonds. The summed E-state index contributed by atoms with van der Waals surface area (Å²) < 4.78 is 12.1. The fraction of sp³-hybridized carbons (Fsp3) is 0.429. The first-order chi connectivity index (χ1) is 11.1. The minimum absolute atomic E-state index is 0.0649. The van der Waals surface area contributed by atoms with E-state index in [2.05, 4.69) is 10.1 Å². The van der Waals surface area contributed by atoms with E-state index >= 15 is 0 Å². The van der Waals surface area contributed by atoms with E-state index in [1.807, 2.05) is 6.92 Å². The van der Waals surface area contributed by atoms with Crippen molar-refractivity contribution in [1.29, 1.82) is 0 Å². The van der Waals surface area contributed by atoms with Crippen LogP contribution in [-0.4, -0.2) is 44.6 Å². The molecule has 0 saturated carbocycles. The predicted molar refractivity (Wildman–Crippen MR) is 81.1 cm³/mol. The number of rotatable bonds is 8. The molecule has 0 fully saturated rings. The lowest BCUT2D eigenvalue weighted by Crippen LogP contribution is -2.05. The maximum atomic E-state index is 11.3. The summed E-state index contributed by atoms with van der Waals surface area (Å²) in [7, 11) is 0. The van der Waals surface area contributed by atoms with E-state index in [4.69, 9.17) is 14.6 Å². The van der Waals surface area contributed by atoms with E-state index in [0.29, 0.717) is 30.3 Å². The van der Waals surface area contributed by atoms with Gasteiger partial charge in [-0.25, -0.2) is 9.67 Å². The Labute approximate surface area is 132 Å². The number of ether oxygens (including phenoxy) is 2. The van der Waals surface area contributed by atoms with Crippen LogP contribution >= 0.6 is 0 Å². The Balaban J connectivity index is 2.47. The van der Waals surface area contributed by atoms with Crippen molar-refractivity contribution >= 4 is 5.69 Å². The number of aliphatic hydroxyl groups excluding tert-OH is 1. The molecule has 0 radical (unpaired) electrons. The smallest absolute Gasteiger partial charge is 0.353 e. The Morgan fingerprint density at radius 1 is 1.39 bits per heavy atom. The van der Waals surface area contributed by atoms with Crippen LogP contribution in [0.15, 0.2) is 18.3 Å². The zero-order valence-electron chi connectivity index (χ0n) is 12.9. The first-order valence-corrected chi connectivity index (χ1v) is 7.16. The fourth-order valence-corrected chi connectivity index (χ4v) is 2.04. The highest BCUT2D eigenvalue weighted by molar-refractivity contribution is 5.52. The van der Waals surface area contributed by atoms with Crippen molar-refractivity contribution < 1.29 is 19.5 Å². The molecule has 2 aromatic rings. The molecular weight excluding hydrogens is 304 g/mol. The molecule has 124 valence electrons. The van der Waals surface area contributed by atoms with Crippen LogP contribution in [-0.2, 0) is 0 Å². The summed E-state index contributed by atoms with van der Waals surface area (Å²) >= 11 is 0. The van der Waals surface area contributed by atoms with Crippen LogP contribution in [0.2, 0.25) is 0 Å². The molecule has 0 atom stereocenters. The Bertz CT molecular complexity index is 686. The summed E-state index contributed by atoms with van der Waals surface area (Å²) in [5.74, 6) is 0.240. The molecular formula is C14H18N4O5. The van der Waals surface area contributed by atoms with Crippen molar-refractivity contribution in [3.8, 4) is 17.4 Å². The fourth-order valence-electron chi connectivity index (χ4n) is 2.04. The van der Waals surface area contributed by atoms with Gasteiger partial charge < -0.3 is 14.6 Å². The Kier molecular flexibility index (Phi) is 5.47. The second kappa shape index (κ2) is 7.54. The van der Waals surface area contributed by atoms with Gasteiger partial charge in [0.05, 0.1) is 18.1 Å². The SMILES string of the molecule is CCOc1ncccc1-n1nc(OCCCO)c([N+](=O)[O-])c1C. The van der Waals surface area contributed by atoms with Crippen LogP contribution in [0.3, 0.4) is 0 Å². The van der Waals surface area contributed by atoms with Gasteiger partial charge in [-0.15, -0.1) is 5.10 Å². The van der Waals surface area contributed by atoms with Gasteiger partial charge in [-0.05, 0) is 26.0 Å². The number of nitrogens with zero attached hydrogens (tertiary/aromatic N) is 4. The average molecular weight is 322 g/mol. The Morgan fingerprint density at radius 2 is 2.17 bits per heavy atom. The maximum Gasteiger partial charge on any atom is 0.353 e. The summed E-state index contributed by atoms with van der Waals surface area (Å²) in [6, 6.07) is 3.40. The third kappa shape index (κ3) is 3.57. The quantitative estimate of drug-likeness (QED) is 0.446. The van der Waals surface area contributed by atoms with Gasteiger partial charge in [0.1, 0.15) is 11.4 Å². The summed E-state index contributed by atoms with van der Waals surface area (Å²) in [6.45, 7) is 3.88. The minimum atomic E-state index is -0.538. The highest BCUT2D eigenvalue weighted by atomic mass is 16.6. The van der Waals surface area contributed by atoms with E-state index in [9.17, 15) is 10.1 Å². The molecule has 0 saturated heterocycles. The van der Waals surface area contributed by atoms with E-state index < -0.39 is 4.92 Å². The molecule has 23 heavy (non-hydrogen) atoms. The van der Waals surface area contributed by atoms with Gasteiger partial charge >= 0.3 is 11.6 Å². The third-order valence-corrected chi connectivity index (χ3v) is 3.04. The second-order valence-corrected chi connectivity index (χ2v) is 4.59. The van der Waals surface area contributed by atoms with Crippen LogP contribution in [0.25, 0.3) is 5.69 Å². The topological polar surface area (TPSA) is 113 Å².